The third-order valence-electron chi connectivity index (χ3n) is 4.61. The van der Waals surface area contributed by atoms with Crippen LogP contribution in [0.15, 0.2) is 42.5 Å². The van der Waals surface area contributed by atoms with Crippen molar-refractivity contribution in [3.8, 4) is 6.07 Å². The lowest BCUT2D eigenvalue weighted by atomic mass is 9.93. The van der Waals surface area contributed by atoms with Crippen molar-refractivity contribution in [3.63, 3.8) is 0 Å². The molecule has 0 radical (unpaired) electrons. The van der Waals surface area contributed by atoms with E-state index >= 15 is 0 Å². The summed E-state index contributed by atoms with van der Waals surface area (Å²) in [5, 5.41) is 22.6. The fourth-order valence-electron chi connectivity index (χ4n) is 3.43. The molecule has 2 aromatic carbocycles. The molecule has 0 fully saturated rings. The maximum atomic E-state index is 10.0. The average molecular weight is 304 g/mol. The molecule has 1 aliphatic rings. The number of rotatable bonds is 3. The molecule has 5 heteroatoms. The van der Waals surface area contributed by atoms with Gasteiger partial charge in [-0.15, -0.1) is 0 Å². The van der Waals surface area contributed by atoms with Crippen molar-refractivity contribution in [3.05, 3.63) is 59.2 Å². The van der Waals surface area contributed by atoms with Crippen molar-refractivity contribution in [2.24, 2.45) is 0 Å². The number of anilines is 1. The number of nitrogens with zero attached hydrogens (tertiary/aromatic N) is 2. The molecule has 0 saturated heterocycles. The van der Waals surface area contributed by atoms with Crippen LogP contribution in [0, 0.1) is 11.3 Å². The summed E-state index contributed by atoms with van der Waals surface area (Å²) in [5.41, 5.74) is 3.84. The van der Waals surface area contributed by atoms with Gasteiger partial charge in [0.05, 0.1) is 23.2 Å². The second kappa shape index (κ2) is 5.11. The Hall–Kier alpha value is -2.84. The molecule has 5 nitrogen and oxygen atoms in total. The van der Waals surface area contributed by atoms with Gasteiger partial charge in [-0.25, -0.2) is 4.98 Å². The number of aliphatic hydroxyl groups excluding tert-OH is 1. The molecule has 1 heterocycles. The van der Waals surface area contributed by atoms with Crippen LogP contribution in [0.5, 0.6) is 0 Å². The number of nitrogens with one attached hydrogen (secondary N) is 2. The van der Waals surface area contributed by atoms with Crippen LogP contribution < -0.4 is 5.32 Å². The van der Waals surface area contributed by atoms with Crippen LogP contribution in [0.25, 0.3) is 11.0 Å². The first kappa shape index (κ1) is 13.8. The van der Waals surface area contributed by atoms with Gasteiger partial charge in [0.1, 0.15) is 11.6 Å². The topological polar surface area (TPSA) is 84.7 Å². The second-order valence-corrected chi connectivity index (χ2v) is 5.92. The summed E-state index contributed by atoms with van der Waals surface area (Å²) in [4.78, 5) is 7.72. The van der Waals surface area contributed by atoms with Crippen molar-refractivity contribution in [1.82, 2.24) is 9.97 Å². The van der Waals surface area contributed by atoms with Crippen LogP contribution in [0.3, 0.4) is 0 Å². The number of aromatic nitrogens is 2. The first-order valence-corrected chi connectivity index (χ1v) is 7.62. The Labute approximate surface area is 133 Å². The Kier molecular flexibility index (Phi) is 3.07. The summed E-state index contributed by atoms with van der Waals surface area (Å²) in [6.45, 7) is -0.00777. The lowest BCUT2D eigenvalue weighted by molar-refractivity contribution is 0.211. The van der Waals surface area contributed by atoms with E-state index in [9.17, 15) is 10.4 Å². The van der Waals surface area contributed by atoms with Gasteiger partial charge in [-0.1, -0.05) is 30.3 Å². The molecule has 3 N–H and O–H groups in total. The summed E-state index contributed by atoms with van der Waals surface area (Å²) in [5.74, 6) is 0.577. The summed E-state index contributed by atoms with van der Waals surface area (Å²) in [6.07, 6.45) is 1.73. The van der Waals surface area contributed by atoms with Crippen LogP contribution in [0.1, 0.15) is 23.1 Å². The van der Waals surface area contributed by atoms with E-state index in [0.717, 1.165) is 23.9 Å². The molecule has 4 rings (SSSR count). The highest BCUT2D eigenvalue weighted by molar-refractivity contribution is 5.83. The van der Waals surface area contributed by atoms with Gasteiger partial charge in [0.2, 0.25) is 5.95 Å². The fraction of sp³-hybridized carbons (Fsp3) is 0.222. The van der Waals surface area contributed by atoms with Crippen LogP contribution in [-0.2, 0) is 12.0 Å². The quantitative estimate of drug-likeness (QED) is 0.694. The summed E-state index contributed by atoms with van der Waals surface area (Å²) in [6, 6.07) is 15.8. The van der Waals surface area contributed by atoms with Gasteiger partial charge in [-0.2, -0.15) is 5.26 Å². The molecule has 3 aromatic rings. The molecular weight excluding hydrogens is 288 g/mol. The average Bonchev–Trinajstić information content (AvgIpc) is 3.16. The third kappa shape index (κ3) is 2.07. The van der Waals surface area contributed by atoms with E-state index in [1.54, 1.807) is 6.07 Å². The molecule has 1 unspecified atom stereocenters. The standard InChI is InChI=1S/C18H16N4O/c19-10-13-5-3-7-15-16(13)21-17(20-15)22-18(11-23)9-8-12-4-1-2-6-14(12)18/h1-7,23H,8-9,11H2,(H2,20,21,22). The Morgan fingerprint density at radius 2 is 2.13 bits per heavy atom. The summed E-state index contributed by atoms with van der Waals surface area (Å²) >= 11 is 0. The van der Waals surface area contributed by atoms with Crippen LogP contribution in [0.2, 0.25) is 0 Å². The normalized spacial score (nSPS) is 19.5. The Balaban J connectivity index is 1.77. The van der Waals surface area contributed by atoms with Crippen LogP contribution in [0.4, 0.5) is 5.95 Å². The number of aromatic amines is 1. The van der Waals surface area contributed by atoms with E-state index in [1.165, 1.54) is 5.56 Å². The van der Waals surface area contributed by atoms with Gasteiger partial charge in [0.25, 0.3) is 0 Å². The summed E-state index contributed by atoms with van der Waals surface area (Å²) < 4.78 is 0. The van der Waals surface area contributed by atoms with Crippen LogP contribution >= 0.6 is 0 Å². The van der Waals surface area contributed by atoms with Crippen LogP contribution in [-0.4, -0.2) is 21.7 Å². The maximum absolute atomic E-state index is 10.0. The van der Waals surface area contributed by atoms with E-state index in [2.05, 4.69) is 33.5 Å². The minimum atomic E-state index is -0.530. The number of hydrogen-bond acceptors (Lipinski definition) is 4. The van der Waals surface area contributed by atoms with Crippen molar-refractivity contribution < 1.29 is 5.11 Å². The van der Waals surface area contributed by atoms with E-state index in [-0.39, 0.29) is 6.61 Å². The number of H-pyrrole nitrogens is 1. The smallest absolute Gasteiger partial charge is 0.202 e. The molecule has 1 aliphatic carbocycles. The monoisotopic (exact) mass is 304 g/mol. The predicted molar refractivity (Wildman–Crippen MR) is 88.0 cm³/mol. The Morgan fingerprint density at radius 1 is 1.26 bits per heavy atom. The highest BCUT2D eigenvalue weighted by Crippen LogP contribution is 2.39. The number of hydrogen-bond donors (Lipinski definition) is 3. The number of benzene rings is 2. The molecule has 0 amide bonds. The Morgan fingerprint density at radius 3 is 2.96 bits per heavy atom. The van der Waals surface area contributed by atoms with Gasteiger partial charge in [-0.3, -0.25) is 0 Å². The molecule has 0 spiro atoms. The van der Waals surface area contributed by atoms with Crippen molar-refractivity contribution >= 4 is 17.0 Å². The number of aliphatic hydroxyl groups is 1. The lowest BCUT2D eigenvalue weighted by Crippen LogP contribution is -2.37. The number of imidazole rings is 1. The van der Waals surface area contributed by atoms with Crippen molar-refractivity contribution in [1.29, 1.82) is 5.26 Å². The fourth-order valence-corrected chi connectivity index (χ4v) is 3.43. The first-order chi connectivity index (χ1) is 11.3. The predicted octanol–water partition coefficient (Wildman–Crippen LogP) is 2.68. The lowest BCUT2D eigenvalue weighted by Gasteiger charge is -2.29. The second-order valence-electron chi connectivity index (χ2n) is 5.92. The number of para-hydroxylation sites is 1. The zero-order valence-corrected chi connectivity index (χ0v) is 12.5. The highest BCUT2D eigenvalue weighted by atomic mass is 16.3. The highest BCUT2D eigenvalue weighted by Gasteiger charge is 2.38. The molecule has 114 valence electrons. The van der Waals surface area contributed by atoms with E-state index in [0.29, 0.717) is 17.0 Å². The van der Waals surface area contributed by atoms with Crippen molar-refractivity contribution in [2.45, 2.75) is 18.4 Å². The van der Waals surface area contributed by atoms with Gasteiger partial charge in [0.15, 0.2) is 0 Å². The number of aryl methyl sites for hydroxylation is 1. The van der Waals surface area contributed by atoms with Gasteiger partial charge in [0, 0.05) is 0 Å². The molecule has 23 heavy (non-hydrogen) atoms. The number of fused-ring (bicyclic) bond motifs is 2. The summed E-state index contributed by atoms with van der Waals surface area (Å²) in [7, 11) is 0. The maximum Gasteiger partial charge on any atom is 0.202 e. The van der Waals surface area contributed by atoms with E-state index in [4.69, 9.17) is 0 Å². The van der Waals surface area contributed by atoms with Gasteiger partial charge in [-0.05, 0) is 36.1 Å². The molecule has 0 saturated carbocycles. The third-order valence-corrected chi connectivity index (χ3v) is 4.61. The molecule has 1 aromatic heterocycles. The molecule has 0 bridgehead atoms. The largest absolute Gasteiger partial charge is 0.394 e. The molecule has 1 atom stereocenters. The van der Waals surface area contributed by atoms with E-state index < -0.39 is 5.54 Å². The van der Waals surface area contributed by atoms with Crippen molar-refractivity contribution in [2.75, 3.05) is 11.9 Å². The SMILES string of the molecule is N#Cc1cccc2[nH]c(NC3(CO)CCc4ccccc43)nc12. The molecular formula is C18H16N4O. The zero-order valence-electron chi connectivity index (χ0n) is 12.5. The van der Waals surface area contributed by atoms with Gasteiger partial charge < -0.3 is 15.4 Å². The minimum absolute atomic E-state index is 0.00777. The Bertz CT molecular complexity index is 924. The van der Waals surface area contributed by atoms with Gasteiger partial charge >= 0.3 is 0 Å². The van der Waals surface area contributed by atoms with E-state index in [1.807, 2.05) is 24.3 Å². The first-order valence-electron chi connectivity index (χ1n) is 7.62. The minimum Gasteiger partial charge on any atom is -0.394 e. The zero-order chi connectivity index (χ0) is 15.9. The molecule has 0 aliphatic heterocycles. The number of nitriles is 1.